The van der Waals surface area contributed by atoms with Crippen molar-refractivity contribution in [2.24, 2.45) is 0 Å². The average Bonchev–Trinajstić information content (AvgIpc) is 2.55. The van der Waals surface area contributed by atoms with Gasteiger partial charge in [-0.3, -0.25) is 9.59 Å². The van der Waals surface area contributed by atoms with Crippen LogP contribution in [0, 0.1) is 17.1 Å². The lowest BCUT2D eigenvalue weighted by Gasteiger charge is -2.08. The van der Waals surface area contributed by atoms with Crippen LogP contribution in [-0.4, -0.2) is 23.5 Å². The number of aromatic nitrogens is 1. The molecule has 0 saturated heterocycles. The first kappa shape index (κ1) is 16.7. The molecule has 4 N–H and O–H groups in total. The van der Waals surface area contributed by atoms with Gasteiger partial charge in [-0.05, 0) is 30.3 Å². The number of aromatic amines is 1. The zero-order chi connectivity index (χ0) is 17.7. The van der Waals surface area contributed by atoms with Crippen molar-refractivity contribution in [1.29, 1.82) is 5.26 Å². The molecule has 2 aromatic rings. The maximum absolute atomic E-state index is 12.8. The SMILES string of the molecule is N#Cc1cc(C(=O)OCC(=O)Nc2ccc(F)cc2)c(N)[nH]c1=O. The molecule has 1 heterocycles. The van der Waals surface area contributed by atoms with Crippen LogP contribution in [0.15, 0.2) is 35.1 Å². The number of nitrogens with two attached hydrogens (primary N) is 1. The highest BCUT2D eigenvalue weighted by Crippen LogP contribution is 2.10. The van der Waals surface area contributed by atoms with E-state index in [9.17, 15) is 18.8 Å². The number of anilines is 2. The molecule has 1 aromatic heterocycles. The summed E-state index contributed by atoms with van der Waals surface area (Å²) in [4.78, 5) is 37.0. The smallest absolute Gasteiger partial charge is 0.342 e. The second-order valence-corrected chi connectivity index (χ2v) is 4.58. The second-order valence-electron chi connectivity index (χ2n) is 4.58. The summed E-state index contributed by atoms with van der Waals surface area (Å²) >= 11 is 0. The number of carbonyl (C=O) groups is 2. The van der Waals surface area contributed by atoms with Crippen LogP contribution in [0.2, 0.25) is 0 Å². The number of rotatable bonds is 4. The molecule has 0 fully saturated rings. The van der Waals surface area contributed by atoms with Gasteiger partial charge in [0.2, 0.25) is 0 Å². The summed E-state index contributed by atoms with van der Waals surface area (Å²) < 4.78 is 17.5. The second kappa shape index (κ2) is 7.06. The number of nitrogens with one attached hydrogen (secondary N) is 2. The van der Waals surface area contributed by atoms with Crippen molar-refractivity contribution in [2.45, 2.75) is 0 Å². The van der Waals surface area contributed by atoms with Crippen LogP contribution in [0.3, 0.4) is 0 Å². The van der Waals surface area contributed by atoms with E-state index in [0.717, 1.165) is 18.2 Å². The molecule has 0 bridgehead atoms. The Bertz CT molecular complexity index is 884. The molecule has 24 heavy (non-hydrogen) atoms. The molecular formula is C15H11FN4O4. The van der Waals surface area contributed by atoms with E-state index in [-0.39, 0.29) is 16.9 Å². The third-order valence-electron chi connectivity index (χ3n) is 2.87. The molecule has 0 saturated carbocycles. The minimum atomic E-state index is -0.977. The molecule has 0 aliphatic carbocycles. The highest BCUT2D eigenvalue weighted by Gasteiger charge is 2.16. The fraction of sp³-hybridized carbons (Fsp3) is 0.0667. The number of nitrogens with zero attached hydrogens (tertiary/aromatic N) is 1. The summed E-state index contributed by atoms with van der Waals surface area (Å²) in [6, 6.07) is 7.58. The average molecular weight is 330 g/mol. The lowest BCUT2D eigenvalue weighted by atomic mass is 10.2. The Morgan fingerprint density at radius 1 is 1.33 bits per heavy atom. The Kier molecular flexibility index (Phi) is 4.91. The fourth-order valence-electron chi connectivity index (χ4n) is 1.74. The Balaban J connectivity index is 2.00. The van der Waals surface area contributed by atoms with Gasteiger partial charge in [0.25, 0.3) is 11.5 Å². The molecule has 122 valence electrons. The van der Waals surface area contributed by atoms with Crippen LogP contribution >= 0.6 is 0 Å². The van der Waals surface area contributed by atoms with E-state index >= 15 is 0 Å². The minimum absolute atomic E-state index is 0.235. The number of hydrogen-bond donors (Lipinski definition) is 3. The lowest BCUT2D eigenvalue weighted by molar-refractivity contribution is -0.119. The summed E-state index contributed by atoms with van der Waals surface area (Å²) in [5.74, 6) is -2.36. The van der Waals surface area contributed by atoms with Crippen molar-refractivity contribution in [1.82, 2.24) is 4.98 Å². The number of hydrogen-bond acceptors (Lipinski definition) is 6. The zero-order valence-electron chi connectivity index (χ0n) is 12.1. The number of carbonyl (C=O) groups excluding carboxylic acids is 2. The first-order valence-electron chi connectivity index (χ1n) is 6.56. The predicted molar refractivity (Wildman–Crippen MR) is 81.5 cm³/mol. The van der Waals surface area contributed by atoms with E-state index < -0.39 is 29.9 Å². The largest absolute Gasteiger partial charge is 0.452 e. The fourth-order valence-corrected chi connectivity index (χ4v) is 1.74. The van der Waals surface area contributed by atoms with Gasteiger partial charge in [0.05, 0.1) is 0 Å². The van der Waals surface area contributed by atoms with Crippen LogP contribution in [0.4, 0.5) is 15.9 Å². The van der Waals surface area contributed by atoms with Crippen LogP contribution in [-0.2, 0) is 9.53 Å². The highest BCUT2D eigenvalue weighted by atomic mass is 19.1. The molecule has 9 heteroatoms. The topological polar surface area (TPSA) is 138 Å². The van der Waals surface area contributed by atoms with E-state index in [0.29, 0.717) is 5.69 Å². The molecule has 2 rings (SSSR count). The van der Waals surface area contributed by atoms with E-state index in [4.69, 9.17) is 15.7 Å². The first-order valence-corrected chi connectivity index (χ1v) is 6.56. The van der Waals surface area contributed by atoms with Gasteiger partial charge >= 0.3 is 5.97 Å². The summed E-state index contributed by atoms with van der Waals surface area (Å²) in [5.41, 5.74) is 4.53. The van der Waals surface area contributed by atoms with Crippen LogP contribution in [0.1, 0.15) is 15.9 Å². The van der Waals surface area contributed by atoms with Gasteiger partial charge in [-0.1, -0.05) is 0 Å². The number of H-pyrrole nitrogens is 1. The molecular weight excluding hydrogens is 319 g/mol. The Morgan fingerprint density at radius 2 is 2.00 bits per heavy atom. The number of ether oxygens (including phenoxy) is 1. The van der Waals surface area contributed by atoms with Gasteiger partial charge < -0.3 is 20.8 Å². The van der Waals surface area contributed by atoms with Crippen molar-refractivity contribution in [3.8, 4) is 6.07 Å². The molecule has 0 aliphatic rings. The summed E-state index contributed by atoms with van der Waals surface area (Å²) in [6.07, 6.45) is 0. The van der Waals surface area contributed by atoms with E-state index in [2.05, 4.69) is 10.3 Å². The summed E-state index contributed by atoms with van der Waals surface area (Å²) in [6.45, 7) is -0.628. The molecule has 0 aliphatic heterocycles. The standard InChI is InChI=1S/C15H11FN4O4/c16-9-1-3-10(4-2-9)19-12(21)7-24-15(23)11-5-8(6-17)14(22)20-13(11)18/h1-5H,7H2,(H,19,21)(H3,18,20,22). The van der Waals surface area contributed by atoms with Crippen molar-refractivity contribution < 1.29 is 18.7 Å². The molecule has 0 radical (unpaired) electrons. The van der Waals surface area contributed by atoms with Crippen molar-refractivity contribution in [3.05, 3.63) is 57.6 Å². The Hall–Kier alpha value is -3.67. The third-order valence-corrected chi connectivity index (χ3v) is 2.87. The molecule has 1 amide bonds. The Morgan fingerprint density at radius 3 is 2.62 bits per heavy atom. The van der Waals surface area contributed by atoms with Crippen molar-refractivity contribution >= 4 is 23.4 Å². The zero-order valence-corrected chi connectivity index (χ0v) is 12.1. The van der Waals surface area contributed by atoms with Gasteiger partial charge in [0.1, 0.15) is 28.8 Å². The molecule has 0 unspecified atom stereocenters. The van der Waals surface area contributed by atoms with Gasteiger partial charge in [-0.2, -0.15) is 5.26 Å². The third kappa shape index (κ3) is 3.95. The van der Waals surface area contributed by atoms with E-state index in [1.54, 1.807) is 6.07 Å². The quantitative estimate of drug-likeness (QED) is 0.708. The van der Waals surface area contributed by atoms with Crippen molar-refractivity contribution in [2.75, 3.05) is 17.7 Å². The normalized spacial score (nSPS) is 9.83. The monoisotopic (exact) mass is 330 g/mol. The molecule has 0 spiro atoms. The number of halogens is 1. The number of nitriles is 1. The maximum atomic E-state index is 12.8. The van der Waals surface area contributed by atoms with E-state index in [1.807, 2.05) is 0 Å². The van der Waals surface area contributed by atoms with Crippen LogP contribution in [0.25, 0.3) is 0 Å². The summed E-state index contributed by atoms with van der Waals surface area (Å²) in [7, 11) is 0. The number of pyridine rings is 1. The van der Waals surface area contributed by atoms with Gasteiger partial charge in [-0.25, -0.2) is 9.18 Å². The van der Waals surface area contributed by atoms with Crippen molar-refractivity contribution in [3.63, 3.8) is 0 Å². The van der Waals surface area contributed by atoms with Crippen LogP contribution < -0.4 is 16.6 Å². The molecule has 0 atom stereocenters. The molecule has 8 nitrogen and oxygen atoms in total. The predicted octanol–water partition coefficient (Wildman–Crippen LogP) is 0.763. The molecule has 1 aromatic carbocycles. The number of esters is 1. The first-order chi connectivity index (χ1) is 11.4. The highest BCUT2D eigenvalue weighted by molar-refractivity contribution is 5.97. The summed E-state index contributed by atoms with van der Waals surface area (Å²) in [5, 5.41) is 11.2. The number of amides is 1. The lowest BCUT2D eigenvalue weighted by Crippen LogP contribution is -2.23. The maximum Gasteiger partial charge on any atom is 0.342 e. The number of benzene rings is 1. The van der Waals surface area contributed by atoms with Crippen LogP contribution in [0.5, 0.6) is 0 Å². The van der Waals surface area contributed by atoms with Gasteiger partial charge in [-0.15, -0.1) is 0 Å². The van der Waals surface area contributed by atoms with E-state index in [1.165, 1.54) is 12.1 Å². The Labute approximate surface area is 134 Å². The van der Waals surface area contributed by atoms with Gasteiger partial charge in [0, 0.05) is 5.69 Å². The number of nitrogen functional groups attached to an aromatic ring is 1. The minimum Gasteiger partial charge on any atom is -0.452 e. The van der Waals surface area contributed by atoms with Gasteiger partial charge in [0.15, 0.2) is 6.61 Å².